The minimum absolute atomic E-state index is 0.373. The van der Waals surface area contributed by atoms with Crippen LogP contribution in [0.2, 0.25) is 0 Å². The second kappa shape index (κ2) is 3.90. The van der Waals surface area contributed by atoms with Crippen molar-refractivity contribution in [2.24, 2.45) is 5.41 Å². The van der Waals surface area contributed by atoms with Crippen molar-refractivity contribution in [1.29, 1.82) is 5.26 Å². The third kappa shape index (κ3) is 1.73. The van der Waals surface area contributed by atoms with Crippen LogP contribution < -0.4 is 0 Å². The predicted octanol–water partition coefficient (Wildman–Crippen LogP) is 2.67. The Labute approximate surface area is 62.7 Å². The Morgan fingerprint density at radius 3 is 2.30 bits per heavy atom. The smallest absolute Gasteiger partial charge is 0.0782 e. The van der Waals surface area contributed by atoms with Gasteiger partial charge in [-0.25, -0.2) is 0 Å². The molecule has 0 radical (unpaired) electrons. The summed E-state index contributed by atoms with van der Waals surface area (Å²) >= 11 is 0. The molecule has 0 amide bonds. The molecule has 1 nitrogen and oxygen atoms in total. The average Bonchev–Trinajstić information content (AvgIpc) is 2.01. The number of rotatable bonds is 4. The van der Waals surface area contributed by atoms with E-state index < -0.39 is 0 Å². The molecular weight excluding hydrogens is 122 g/mol. The highest BCUT2D eigenvalue weighted by atomic mass is 14.3. The second-order valence-electron chi connectivity index (χ2n) is 2.32. The van der Waals surface area contributed by atoms with Crippen LogP contribution in [0.3, 0.4) is 0 Å². The third-order valence-corrected chi connectivity index (χ3v) is 1.75. The van der Waals surface area contributed by atoms with E-state index in [1.807, 2.05) is 6.92 Å². The lowest BCUT2D eigenvalue weighted by Gasteiger charge is -2.17. The van der Waals surface area contributed by atoms with Gasteiger partial charge in [-0.05, 0) is 12.8 Å². The van der Waals surface area contributed by atoms with Gasteiger partial charge in [0.25, 0.3) is 0 Å². The van der Waals surface area contributed by atoms with E-state index in [-0.39, 0.29) is 5.41 Å². The number of hydrogen-bond donors (Lipinski definition) is 0. The number of hydrogen-bond acceptors (Lipinski definition) is 1. The van der Waals surface area contributed by atoms with Crippen LogP contribution in [0.5, 0.6) is 0 Å². The lowest BCUT2D eigenvalue weighted by Crippen LogP contribution is -2.11. The zero-order valence-corrected chi connectivity index (χ0v) is 6.43. The SMILES string of the molecule is C=CCC(C#N)(C=C)CC. The zero-order chi connectivity index (χ0) is 8.04. The average molecular weight is 135 g/mol. The summed E-state index contributed by atoms with van der Waals surface area (Å²) in [6, 6.07) is 2.23. The molecule has 0 fully saturated rings. The minimum atomic E-state index is -0.373. The summed E-state index contributed by atoms with van der Waals surface area (Å²) < 4.78 is 0. The van der Waals surface area contributed by atoms with Gasteiger partial charge in [-0.15, -0.1) is 13.2 Å². The van der Waals surface area contributed by atoms with Crippen LogP contribution in [0.15, 0.2) is 25.3 Å². The van der Waals surface area contributed by atoms with Gasteiger partial charge in [-0.2, -0.15) is 5.26 Å². The van der Waals surface area contributed by atoms with Crippen molar-refractivity contribution < 1.29 is 0 Å². The van der Waals surface area contributed by atoms with E-state index in [1.165, 1.54) is 0 Å². The molecule has 0 aliphatic heterocycles. The van der Waals surface area contributed by atoms with Crippen LogP contribution in [0.25, 0.3) is 0 Å². The molecule has 1 heteroatoms. The van der Waals surface area contributed by atoms with Crippen molar-refractivity contribution in [2.45, 2.75) is 19.8 Å². The molecule has 1 atom stereocenters. The van der Waals surface area contributed by atoms with Crippen molar-refractivity contribution in [3.8, 4) is 6.07 Å². The van der Waals surface area contributed by atoms with Gasteiger partial charge >= 0.3 is 0 Å². The first kappa shape index (κ1) is 8.97. The van der Waals surface area contributed by atoms with Crippen molar-refractivity contribution in [1.82, 2.24) is 0 Å². The Balaban J connectivity index is 4.33. The summed E-state index contributed by atoms with van der Waals surface area (Å²) in [5, 5.41) is 8.74. The summed E-state index contributed by atoms with van der Waals surface area (Å²) in [5.41, 5.74) is -0.373. The van der Waals surface area contributed by atoms with E-state index in [0.717, 1.165) is 6.42 Å². The van der Waals surface area contributed by atoms with Gasteiger partial charge in [0.05, 0.1) is 11.5 Å². The normalized spacial score (nSPS) is 14.8. The number of allylic oxidation sites excluding steroid dienone is 2. The van der Waals surface area contributed by atoms with Crippen LogP contribution in [0.4, 0.5) is 0 Å². The van der Waals surface area contributed by atoms with Crippen LogP contribution in [0, 0.1) is 16.7 Å². The molecule has 0 heterocycles. The molecule has 0 saturated carbocycles. The highest BCUT2D eigenvalue weighted by molar-refractivity contribution is 5.11. The van der Waals surface area contributed by atoms with E-state index in [9.17, 15) is 0 Å². The highest BCUT2D eigenvalue weighted by Gasteiger charge is 2.21. The fraction of sp³-hybridized carbons (Fsp3) is 0.444. The molecule has 0 aliphatic rings. The molecule has 1 unspecified atom stereocenters. The Hall–Kier alpha value is -1.03. The van der Waals surface area contributed by atoms with Gasteiger partial charge in [0.2, 0.25) is 0 Å². The molecule has 54 valence electrons. The molecule has 0 saturated heterocycles. The van der Waals surface area contributed by atoms with Crippen molar-refractivity contribution in [3.05, 3.63) is 25.3 Å². The predicted molar refractivity (Wildman–Crippen MR) is 43.3 cm³/mol. The summed E-state index contributed by atoms with van der Waals surface area (Å²) in [5.74, 6) is 0. The van der Waals surface area contributed by atoms with Gasteiger partial charge in [-0.1, -0.05) is 19.1 Å². The first-order valence-corrected chi connectivity index (χ1v) is 3.40. The maximum atomic E-state index is 8.74. The fourth-order valence-corrected chi connectivity index (χ4v) is 0.800. The van der Waals surface area contributed by atoms with Crippen LogP contribution in [-0.4, -0.2) is 0 Å². The number of nitriles is 1. The van der Waals surface area contributed by atoms with E-state index in [1.54, 1.807) is 12.2 Å². The van der Waals surface area contributed by atoms with Gasteiger partial charge < -0.3 is 0 Å². The Morgan fingerprint density at radius 1 is 1.60 bits per heavy atom. The molecule has 0 aromatic heterocycles. The first-order chi connectivity index (χ1) is 4.74. The largest absolute Gasteiger partial charge is 0.197 e. The number of nitrogens with zero attached hydrogens (tertiary/aromatic N) is 1. The third-order valence-electron chi connectivity index (χ3n) is 1.75. The van der Waals surface area contributed by atoms with E-state index in [2.05, 4.69) is 19.2 Å². The van der Waals surface area contributed by atoms with Crippen molar-refractivity contribution >= 4 is 0 Å². The van der Waals surface area contributed by atoms with Crippen LogP contribution >= 0.6 is 0 Å². The Kier molecular flexibility index (Phi) is 3.49. The maximum absolute atomic E-state index is 8.74. The van der Waals surface area contributed by atoms with E-state index in [0.29, 0.717) is 6.42 Å². The first-order valence-electron chi connectivity index (χ1n) is 3.40. The molecule has 10 heavy (non-hydrogen) atoms. The summed E-state index contributed by atoms with van der Waals surface area (Å²) in [7, 11) is 0. The van der Waals surface area contributed by atoms with E-state index in [4.69, 9.17) is 5.26 Å². The van der Waals surface area contributed by atoms with Crippen molar-refractivity contribution in [3.63, 3.8) is 0 Å². The molecule has 0 aliphatic carbocycles. The second-order valence-corrected chi connectivity index (χ2v) is 2.32. The van der Waals surface area contributed by atoms with Gasteiger partial charge in [0.15, 0.2) is 0 Å². The Bertz CT molecular complexity index is 164. The van der Waals surface area contributed by atoms with Gasteiger partial charge in [0.1, 0.15) is 0 Å². The topological polar surface area (TPSA) is 23.8 Å². The van der Waals surface area contributed by atoms with Gasteiger partial charge in [-0.3, -0.25) is 0 Å². The molecule has 0 rings (SSSR count). The zero-order valence-electron chi connectivity index (χ0n) is 6.43. The summed E-state index contributed by atoms with van der Waals surface area (Å²) in [6.07, 6.45) is 4.96. The maximum Gasteiger partial charge on any atom is 0.0782 e. The molecule has 0 spiro atoms. The van der Waals surface area contributed by atoms with Crippen LogP contribution in [-0.2, 0) is 0 Å². The highest BCUT2D eigenvalue weighted by Crippen LogP contribution is 2.26. The monoisotopic (exact) mass is 135 g/mol. The Morgan fingerprint density at radius 2 is 2.20 bits per heavy atom. The summed E-state index contributed by atoms with van der Waals surface area (Å²) in [4.78, 5) is 0. The molecule has 0 aromatic rings. The summed E-state index contributed by atoms with van der Waals surface area (Å²) in [6.45, 7) is 9.19. The lowest BCUT2D eigenvalue weighted by atomic mass is 9.84. The van der Waals surface area contributed by atoms with E-state index >= 15 is 0 Å². The van der Waals surface area contributed by atoms with Crippen LogP contribution in [0.1, 0.15) is 19.8 Å². The van der Waals surface area contributed by atoms with Crippen molar-refractivity contribution in [2.75, 3.05) is 0 Å². The molecule has 0 N–H and O–H groups in total. The molecule has 0 bridgehead atoms. The quantitative estimate of drug-likeness (QED) is 0.544. The standard InChI is InChI=1S/C9H13N/c1-4-7-9(5-2,6-3)8-10/h4-5H,1-2,6-7H2,3H3. The molecular formula is C9H13N. The molecule has 0 aromatic carbocycles. The fourth-order valence-electron chi connectivity index (χ4n) is 0.800. The van der Waals surface area contributed by atoms with Gasteiger partial charge in [0, 0.05) is 0 Å². The minimum Gasteiger partial charge on any atom is -0.197 e. The lowest BCUT2D eigenvalue weighted by molar-refractivity contribution is 0.497.